The topological polar surface area (TPSA) is 24.4 Å². The number of hydrogen-bond acceptors (Lipinski definition) is 3. The highest BCUT2D eigenvalue weighted by molar-refractivity contribution is 7.96. The zero-order chi connectivity index (χ0) is 5.98. The summed E-state index contributed by atoms with van der Waals surface area (Å²) in [6.45, 7) is 4.03. The Morgan fingerprint density at radius 3 is 2.75 bits per heavy atom. The van der Waals surface area contributed by atoms with E-state index in [2.05, 4.69) is 9.12 Å². The molecule has 0 radical (unpaired) electrons. The molecule has 1 heterocycles. The summed E-state index contributed by atoms with van der Waals surface area (Å²) in [4.78, 5) is 0. The summed E-state index contributed by atoms with van der Waals surface area (Å²) in [7, 11) is 0. The molecule has 0 aliphatic carbocycles. The first kappa shape index (κ1) is 5.69. The minimum Gasteiger partial charge on any atom is -0.317 e. The van der Waals surface area contributed by atoms with E-state index in [1.165, 1.54) is 17.7 Å². The van der Waals surface area contributed by atoms with Gasteiger partial charge in [0.1, 0.15) is 0 Å². The molecule has 1 aliphatic rings. The second-order valence-corrected chi connectivity index (χ2v) is 2.31. The summed E-state index contributed by atoms with van der Waals surface area (Å²) >= 11 is 1.37. The van der Waals surface area contributed by atoms with E-state index in [1.54, 1.807) is 0 Å². The molecule has 0 bridgehead atoms. The van der Waals surface area contributed by atoms with Gasteiger partial charge in [-0.3, -0.25) is 0 Å². The lowest BCUT2D eigenvalue weighted by Crippen LogP contribution is -2.03. The molecule has 0 fully saturated rings. The Labute approximate surface area is 53.3 Å². The molecular formula is C5H8N2S. The van der Waals surface area contributed by atoms with Gasteiger partial charge in [0.2, 0.25) is 0 Å². The summed E-state index contributed by atoms with van der Waals surface area (Å²) in [6, 6.07) is 0. The van der Waals surface area contributed by atoms with Gasteiger partial charge in [0.15, 0.2) is 0 Å². The smallest absolute Gasteiger partial charge is 0.0898 e. The van der Waals surface area contributed by atoms with Crippen molar-refractivity contribution in [2.24, 2.45) is 4.40 Å². The van der Waals surface area contributed by atoms with E-state index < -0.39 is 0 Å². The number of nitrogens with zero attached hydrogens (tertiary/aromatic N) is 1. The van der Waals surface area contributed by atoms with Gasteiger partial charge in [0.05, 0.1) is 17.8 Å². The lowest BCUT2D eigenvalue weighted by molar-refractivity contribution is 1.32. The van der Waals surface area contributed by atoms with Crippen molar-refractivity contribution in [1.82, 2.24) is 4.72 Å². The molecule has 3 heteroatoms. The summed E-state index contributed by atoms with van der Waals surface area (Å²) in [6.07, 6.45) is 1.95. The van der Waals surface area contributed by atoms with Crippen LogP contribution in [0.15, 0.2) is 16.2 Å². The Bertz CT molecular complexity index is 131. The van der Waals surface area contributed by atoms with Crippen molar-refractivity contribution in [2.75, 3.05) is 0 Å². The fourth-order valence-electron chi connectivity index (χ4n) is 0.386. The molecule has 0 saturated carbocycles. The molecule has 0 saturated heterocycles. The fourth-order valence-corrected chi connectivity index (χ4v) is 0.949. The maximum absolute atomic E-state index is 4.06. The molecular weight excluding hydrogens is 120 g/mol. The number of nitrogens with one attached hydrogen (secondary N) is 1. The molecule has 2 nitrogen and oxygen atoms in total. The van der Waals surface area contributed by atoms with E-state index in [0.717, 1.165) is 5.71 Å². The second kappa shape index (κ2) is 2.22. The number of allylic oxidation sites excluding steroid dienone is 1. The highest BCUT2D eigenvalue weighted by atomic mass is 32.2. The van der Waals surface area contributed by atoms with Crippen LogP contribution >= 0.6 is 12.1 Å². The second-order valence-electron chi connectivity index (χ2n) is 1.71. The van der Waals surface area contributed by atoms with E-state index in [9.17, 15) is 0 Å². The van der Waals surface area contributed by atoms with Crippen LogP contribution in [-0.4, -0.2) is 5.71 Å². The molecule has 0 unspecified atom stereocenters. The van der Waals surface area contributed by atoms with E-state index in [4.69, 9.17) is 0 Å². The maximum Gasteiger partial charge on any atom is 0.0898 e. The minimum atomic E-state index is 1.11. The molecule has 1 aliphatic heterocycles. The standard InChI is InChI=1S/C5H8N2S/c1-4-3-6-8-7-5(4)2/h3,6H,1-2H3. The first-order valence-electron chi connectivity index (χ1n) is 2.44. The van der Waals surface area contributed by atoms with Crippen molar-refractivity contribution in [1.29, 1.82) is 0 Å². The molecule has 0 aromatic carbocycles. The lowest BCUT2D eigenvalue weighted by Gasteiger charge is -2.05. The van der Waals surface area contributed by atoms with Crippen LogP contribution < -0.4 is 4.72 Å². The molecule has 44 valence electrons. The summed E-state index contributed by atoms with van der Waals surface area (Å²) in [5, 5.41) is 0. The van der Waals surface area contributed by atoms with Crippen molar-refractivity contribution in [3.8, 4) is 0 Å². The summed E-state index contributed by atoms with van der Waals surface area (Å²) < 4.78 is 7.00. The van der Waals surface area contributed by atoms with E-state index in [1.807, 2.05) is 20.0 Å². The van der Waals surface area contributed by atoms with Crippen molar-refractivity contribution < 1.29 is 0 Å². The Morgan fingerprint density at radius 2 is 2.38 bits per heavy atom. The van der Waals surface area contributed by atoms with Gasteiger partial charge >= 0.3 is 0 Å². The van der Waals surface area contributed by atoms with Crippen LogP contribution in [0.3, 0.4) is 0 Å². The molecule has 1 rings (SSSR count). The van der Waals surface area contributed by atoms with Gasteiger partial charge in [-0.05, 0) is 19.4 Å². The molecule has 0 amide bonds. The molecule has 8 heavy (non-hydrogen) atoms. The maximum atomic E-state index is 4.06. The summed E-state index contributed by atoms with van der Waals surface area (Å²) in [5.41, 5.74) is 2.32. The van der Waals surface area contributed by atoms with Crippen molar-refractivity contribution in [3.05, 3.63) is 11.8 Å². The van der Waals surface area contributed by atoms with Crippen LogP contribution in [0.4, 0.5) is 0 Å². The van der Waals surface area contributed by atoms with Crippen LogP contribution in [0.1, 0.15) is 13.8 Å². The Kier molecular flexibility index (Phi) is 1.58. The van der Waals surface area contributed by atoms with Gasteiger partial charge in [0.25, 0.3) is 0 Å². The van der Waals surface area contributed by atoms with Gasteiger partial charge in [-0.1, -0.05) is 0 Å². The highest BCUT2D eigenvalue weighted by Gasteiger charge is 1.97. The molecule has 0 aromatic heterocycles. The van der Waals surface area contributed by atoms with E-state index in [-0.39, 0.29) is 0 Å². The predicted molar refractivity (Wildman–Crippen MR) is 37.6 cm³/mol. The first-order chi connectivity index (χ1) is 3.80. The van der Waals surface area contributed by atoms with Crippen molar-refractivity contribution in [2.45, 2.75) is 13.8 Å². The third-order valence-electron chi connectivity index (χ3n) is 1.08. The third-order valence-corrected chi connectivity index (χ3v) is 1.67. The first-order valence-corrected chi connectivity index (χ1v) is 3.21. The quantitative estimate of drug-likeness (QED) is 0.500. The van der Waals surface area contributed by atoms with Gasteiger partial charge in [0, 0.05) is 6.20 Å². The van der Waals surface area contributed by atoms with Crippen LogP contribution in [0, 0.1) is 0 Å². The molecule has 0 atom stereocenters. The van der Waals surface area contributed by atoms with Crippen LogP contribution in [-0.2, 0) is 0 Å². The van der Waals surface area contributed by atoms with Crippen molar-refractivity contribution >= 4 is 17.8 Å². The average molecular weight is 128 g/mol. The Hall–Kier alpha value is -0.440. The van der Waals surface area contributed by atoms with Gasteiger partial charge in [-0.2, -0.15) is 4.40 Å². The normalized spacial score (nSPS) is 18.8. The van der Waals surface area contributed by atoms with Crippen LogP contribution in [0.2, 0.25) is 0 Å². The van der Waals surface area contributed by atoms with Crippen LogP contribution in [0.25, 0.3) is 0 Å². The Morgan fingerprint density at radius 1 is 1.62 bits per heavy atom. The zero-order valence-corrected chi connectivity index (χ0v) is 5.75. The van der Waals surface area contributed by atoms with E-state index >= 15 is 0 Å². The largest absolute Gasteiger partial charge is 0.317 e. The third kappa shape index (κ3) is 1.04. The predicted octanol–water partition coefficient (Wildman–Crippen LogP) is 1.52. The molecule has 0 spiro atoms. The zero-order valence-electron chi connectivity index (χ0n) is 4.93. The fraction of sp³-hybridized carbons (Fsp3) is 0.400. The molecule has 1 N–H and O–H groups in total. The minimum absolute atomic E-state index is 1.11. The molecule has 0 aromatic rings. The summed E-state index contributed by atoms with van der Waals surface area (Å²) in [5.74, 6) is 0. The highest BCUT2D eigenvalue weighted by Crippen LogP contribution is 2.08. The lowest BCUT2D eigenvalue weighted by atomic mass is 10.2. The Balaban J connectivity index is 2.73. The van der Waals surface area contributed by atoms with Gasteiger partial charge in [-0.25, -0.2) is 0 Å². The number of rotatable bonds is 0. The van der Waals surface area contributed by atoms with E-state index in [0.29, 0.717) is 0 Å². The average Bonchev–Trinajstić information content (AvgIpc) is 1.77. The van der Waals surface area contributed by atoms with Gasteiger partial charge in [-0.15, -0.1) is 0 Å². The number of hydrogen-bond donors (Lipinski definition) is 1. The van der Waals surface area contributed by atoms with Crippen LogP contribution in [0.5, 0.6) is 0 Å². The monoisotopic (exact) mass is 128 g/mol. The van der Waals surface area contributed by atoms with Crippen molar-refractivity contribution in [3.63, 3.8) is 0 Å². The van der Waals surface area contributed by atoms with Gasteiger partial charge < -0.3 is 4.72 Å². The SMILES string of the molecule is CC1=CNSN=C1C.